The van der Waals surface area contributed by atoms with Gasteiger partial charge in [-0.25, -0.2) is 9.78 Å². The van der Waals surface area contributed by atoms with Gasteiger partial charge in [0.25, 0.3) is 0 Å². The van der Waals surface area contributed by atoms with E-state index in [1.165, 1.54) is 0 Å². The van der Waals surface area contributed by atoms with Crippen LogP contribution in [0, 0.1) is 0 Å². The summed E-state index contributed by atoms with van der Waals surface area (Å²) in [7, 11) is 0. The lowest BCUT2D eigenvalue weighted by Crippen LogP contribution is -2.00. The Kier molecular flexibility index (Phi) is 3.15. The summed E-state index contributed by atoms with van der Waals surface area (Å²) in [6, 6.07) is 7.01. The fourth-order valence-electron chi connectivity index (χ4n) is 1.51. The molecule has 88 valence electrons. The van der Waals surface area contributed by atoms with Crippen molar-refractivity contribution < 1.29 is 14.3 Å². The minimum absolute atomic E-state index is 0.0533. The highest BCUT2D eigenvalue weighted by atomic mass is 35.5. The summed E-state index contributed by atoms with van der Waals surface area (Å²) in [6.45, 7) is 1.81. The quantitative estimate of drug-likeness (QED) is 0.909. The highest BCUT2D eigenvalue weighted by Gasteiger charge is 2.19. The average Bonchev–Trinajstić information content (AvgIpc) is 2.73. The van der Waals surface area contributed by atoms with Gasteiger partial charge in [0, 0.05) is 6.42 Å². The van der Waals surface area contributed by atoms with Gasteiger partial charge in [0.15, 0.2) is 5.69 Å². The number of aryl methyl sites for hydroxylation is 1. The number of rotatable bonds is 3. The maximum Gasteiger partial charge on any atom is 0.358 e. The monoisotopic (exact) mass is 251 g/mol. The van der Waals surface area contributed by atoms with E-state index in [0.717, 1.165) is 0 Å². The summed E-state index contributed by atoms with van der Waals surface area (Å²) in [6.07, 6.45) is 0.471. The van der Waals surface area contributed by atoms with Crippen LogP contribution in [-0.2, 0) is 6.42 Å². The van der Waals surface area contributed by atoms with Crippen molar-refractivity contribution in [2.45, 2.75) is 13.3 Å². The fourth-order valence-corrected chi connectivity index (χ4v) is 1.72. The molecule has 0 aliphatic heterocycles. The Morgan fingerprint density at radius 2 is 2.18 bits per heavy atom. The molecule has 0 radical (unpaired) electrons. The lowest BCUT2D eigenvalue weighted by Gasteiger charge is -1.97. The number of carboxylic acids is 1. The highest BCUT2D eigenvalue weighted by Crippen LogP contribution is 2.28. The Labute approximate surface area is 103 Å². The Morgan fingerprint density at radius 1 is 1.47 bits per heavy atom. The molecular formula is C12H10ClNO3. The number of nitrogens with zero attached hydrogens (tertiary/aromatic N) is 1. The second kappa shape index (κ2) is 4.59. The summed E-state index contributed by atoms with van der Waals surface area (Å²) in [5, 5.41) is 9.45. The van der Waals surface area contributed by atoms with Gasteiger partial charge in [0.1, 0.15) is 5.76 Å². The first-order valence-corrected chi connectivity index (χ1v) is 5.49. The Morgan fingerprint density at radius 3 is 2.71 bits per heavy atom. The minimum Gasteiger partial charge on any atom is -0.476 e. The van der Waals surface area contributed by atoms with Crippen molar-refractivity contribution in [1.82, 2.24) is 4.98 Å². The molecule has 0 unspecified atom stereocenters. The standard InChI is InChI=1S/C12H10ClNO3/c1-2-9-10(12(15)16)14-11(17-9)7-5-3-4-6-8(7)13/h3-6H,2H2,1H3,(H,15,16). The molecule has 0 saturated heterocycles. The molecule has 4 nitrogen and oxygen atoms in total. The molecular weight excluding hydrogens is 242 g/mol. The largest absolute Gasteiger partial charge is 0.476 e. The predicted molar refractivity (Wildman–Crippen MR) is 63.3 cm³/mol. The highest BCUT2D eigenvalue weighted by molar-refractivity contribution is 6.33. The van der Waals surface area contributed by atoms with Gasteiger partial charge in [-0.3, -0.25) is 0 Å². The van der Waals surface area contributed by atoms with Crippen molar-refractivity contribution in [3.63, 3.8) is 0 Å². The van der Waals surface area contributed by atoms with Crippen LogP contribution in [0.25, 0.3) is 11.5 Å². The molecule has 0 aliphatic rings. The molecule has 17 heavy (non-hydrogen) atoms. The topological polar surface area (TPSA) is 63.3 Å². The maximum atomic E-state index is 11.0. The maximum absolute atomic E-state index is 11.0. The van der Waals surface area contributed by atoms with E-state index in [9.17, 15) is 4.79 Å². The smallest absolute Gasteiger partial charge is 0.358 e. The van der Waals surface area contributed by atoms with Crippen molar-refractivity contribution >= 4 is 17.6 Å². The van der Waals surface area contributed by atoms with E-state index < -0.39 is 5.97 Å². The molecule has 2 aromatic rings. The fraction of sp³-hybridized carbons (Fsp3) is 0.167. The van der Waals surface area contributed by atoms with Gasteiger partial charge in [-0.15, -0.1) is 0 Å². The van der Waals surface area contributed by atoms with E-state index in [-0.39, 0.29) is 11.6 Å². The third-order valence-corrected chi connectivity index (χ3v) is 2.65. The van der Waals surface area contributed by atoms with Crippen LogP contribution >= 0.6 is 11.6 Å². The van der Waals surface area contributed by atoms with Gasteiger partial charge in [0.2, 0.25) is 5.89 Å². The van der Waals surface area contributed by atoms with Gasteiger partial charge >= 0.3 is 5.97 Å². The first-order valence-electron chi connectivity index (χ1n) is 5.11. The summed E-state index contributed by atoms with van der Waals surface area (Å²) in [4.78, 5) is 14.9. The Hall–Kier alpha value is -1.81. The van der Waals surface area contributed by atoms with Crippen LogP contribution in [0.5, 0.6) is 0 Å². The van der Waals surface area contributed by atoms with Gasteiger partial charge < -0.3 is 9.52 Å². The number of carbonyl (C=O) groups is 1. The second-order valence-electron chi connectivity index (χ2n) is 3.43. The van der Waals surface area contributed by atoms with Crippen molar-refractivity contribution in [2.24, 2.45) is 0 Å². The van der Waals surface area contributed by atoms with Crippen LogP contribution in [0.1, 0.15) is 23.2 Å². The first kappa shape index (κ1) is 11.7. The zero-order valence-corrected chi connectivity index (χ0v) is 9.86. The van der Waals surface area contributed by atoms with Crippen LogP contribution in [0.4, 0.5) is 0 Å². The lowest BCUT2D eigenvalue weighted by molar-refractivity contribution is 0.0689. The predicted octanol–water partition coefficient (Wildman–Crippen LogP) is 3.26. The van der Waals surface area contributed by atoms with E-state index in [1.54, 1.807) is 24.3 Å². The number of aromatic nitrogens is 1. The molecule has 1 aromatic carbocycles. The number of aromatic carboxylic acids is 1. The van der Waals surface area contributed by atoms with Crippen molar-refractivity contribution in [3.05, 3.63) is 40.7 Å². The minimum atomic E-state index is -1.09. The number of oxazole rings is 1. The normalized spacial score (nSPS) is 10.5. The van der Waals surface area contributed by atoms with Crippen molar-refractivity contribution in [1.29, 1.82) is 0 Å². The Balaban J connectivity index is 2.54. The van der Waals surface area contributed by atoms with Crippen LogP contribution < -0.4 is 0 Å². The molecule has 1 heterocycles. The van der Waals surface area contributed by atoms with E-state index >= 15 is 0 Å². The average molecular weight is 252 g/mol. The van der Waals surface area contributed by atoms with Crippen LogP contribution in [-0.4, -0.2) is 16.1 Å². The molecule has 0 aliphatic carbocycles. The third kappa shape index (κ3) is 2.17. The molecule has 0 saturated carbocycles. The molecule has 0 fully saturated rings. The molecule has 2 rings (SSSR count). The molecule has 1 N–H and O–H groups in total. The van der Waals surface area contributed by atoms with Gasteiger partial charge in [-0.05, 0) is 12.1 Å². The number of hydrogen-bond acceptors (Lipinski definition) is 3. The van der Waals surface area contributed by atoms with Crippen LogP contribution in [0.3, 0.4) is 0 Å². The van der Waals surface area contributed by atoms with E-state index in [0.29, 0.717) is 22.8 Å². The van der Waals surface area contributed by atoms with Crippen molar-refractivity contribution in [2.75, 3.05) is 0 Å². The van der Waals surface area contributed by atoms with E-state index in [1.807, 2.05) is 6.92 Å². The van der Waals surface area contributed by atoms with E-state index in [4.69, 9.17) is 21.1 Å². The van der Waals surface area contributed by atoms with Crippen molar-refractivity contribution in [3.8, 4) is 11.5 Å². The molecule has 0 spiro atoms. The third-order valence-electron chi connectivity index (χ3n) is 2.33. The van der Waals surface area contributed by atoms with Gasteiger partial charge in [0.05, 0.1) is 10.6 Å². The second-order valence-corrected chi connectivity index (χ2v) is 3.84. The summed E-state index contributed by atoms with van der Waals surface area (Å²) in [5.41, 5.74) is 0.541. The molecule has 1 aromatic heterocycles. The van der Waals surface area contributed by atoms with Crippen LogP contribution in [0.15, 0.2) is 28.7 Å². The zero-order chi connectivity index (χ0) is 12.4. The van der Waals surface area contributed by atoms with Crippen LogP contribution in [0.2, 0.25) is 5.02 Å². The van der Waals surface area contributed by atoms with Gasteiger partial charge in [-0.2, -0.15) is 0 Å². The summed E-state index contributed by atoms with van der Waals surface area (Å²) >= 11 is 6.00. The number of carboxylic acid groups (broad SMARTS) is 1. The molecule has 0 atom stereocenters. The van der Waals surface area contributed by atoms with E-state index in [2.05, 4.69) is 4.98 Å². The van der Waals surface area contributed by atoms with Gasteiger partial charge in [-0.1, -0.05) is 30.7 Å². The summed E-state index contributed by atoms with van der Waals surface area (Å²) < 4.78 is 5.42. The number of hydrogen-bond donors (Lipinski definition) is 1. The summed E-state index contributed by atoms with van der Waals surface area (Å²) in [5.74, 6) is -0.499. The Bertz CT molecular complexity index is 563. The zero-order valence-electron chi connectivity index (χ0n) is 9.11. The SMILES string of the molecule is CCc1oc(-c2ccccc2Cl)nc1C(=O)O. The molecule has 5 heteroatoms. The number of benzene rings is 1. The molecule has 0 amide bonds. The number of halogens is 1. The first-order chi connectivity index (χ1) is 8.13. The molecule has 0 bridgehead atoms. The lowest BCUT2D eigenvalue weighted by atomic mass is 10.2.